The molecule has 1 aliphatic carbocycles. The Bertz CT molecular complexity index is 1500. The maximum absolute atomic E-state index is 6.28. The summed E-state index contributed by atoms with van der Waals surface area (Å²) in [4.78, 5) is 8.97. The summed E-state index contributed by atoms with van der Waals surface area (Å²) < 4.78 is 16.1. The van der Waals surface area contributed by atoms with E-state index in [0.29, 0.717) is 18.5 Å². The minimum atomic E-state index is 0.151. The van der Waals surface area contributed by atoms with Crippen LogP contribution in [0.4, 0.5) is 5.82 Å². The van der Waals surface area contributed by atoms with Gasteiger partial charge < -0.3 is 14.8 Å². The molecule has 0 saturated heterocycles. The van der Waals surface area contributed by atoms with E-state index in [1.807, 2.05) is 75.2 Å². The number of benzene rings is 1. The van der Waals surface area contributed by atoms with Crippen LogP contribution in [0.25, 0.3) is 22.2 Å². The van der Waals surface area contributed by atoms with Crippen LogP contribution in [0.5, 0.6) is 11.6 Å². The summed E-state index contributed by atoms with van der Waals surface area (Å²) in [6, 6.07) is 16.3. The van der Waals surface area contributed by atoms with Crippen molar-refractivity contribution in [3.63, 3.8) is 0 Å². The molecule has 194 valence electrons. The number of nitrogens with one attached hydrogen (secondary N) is 1. The predicted octanol–water partition coefficient (Wildman–Crippen LogP) is 5.41. The van der Waals surface area contributed by atoms with E-state index in [4.69, 9.17) is 14.6 Å². The van der Waals surface area contributed by atoms with Crippen LogP contribution in [0, 0.1) is 0 Å². The van der Waals surface area contributed by atoms with E-state index in [2.05, 4.69) is 31.1 Å². The van der Waals surface area contributed by atoms with E-state index >= 15 is 0 Å². The van der Waals surface area contributed by atoms with E-state index in [1.54, 1.807) is 10.9 Å². The Kier molecular flexibility index (Phi) is 6.64. The van der Waals surface area contributed by atoms with Crippen molar-refractivity contribution in [3.8, 4) is 22.9 Å². The number of fused-ring (bicyclic) bond motifs is 1. The summed E-state index contributed by atoms with van der Waals surface area (Å²) in [5.74, 6) is 2.20. The fourth-order valence-corrected chi connectivity index (χ4v) is 5.06. The lowest BCUT2D eigenvalue weighted by molar-refractivity contribution is 0.130. The van der Waals surface area contributed by atoms with Crippen LogP contribution in [-0.2, 0) is 13.7 Å². The molecule has 5 aromatic rings. The van der Waals surface area contributed by atoms with E-state index in [0.717, 1.165) is 65.0 Å². The molecular weight excluding hydrogens is 478 g/mol. The molecule has 9 heteroatoms. The average Bonchev–Trinajstić information content (AvgIpc) is 3.56. The number of ether oxygens (including phenoxy) is 2. The number of hydrogen-bond donors (Lipinski definition) is 1. The fraction of sp³-hybridized carbons (Fsp3) is 0.310. The van der Waals surface area contributed by atoms with Gasteiger partial charge in [-0.15, -0.1) is 0 Å². The molecule has 1 saturated carbocycles. The standard InChI is InChI=1S/C29H31N7O2/c1-30-27-14-26-25(17-31-27)29(21-15-33-35(2)18-21)34-36(26)22-8-10-23(11-9-22)38-24-12-13-28(32-16-24)37-19-20-6-4-3-5-7-20/h3-7,12-18,22-23H,8-11,19H2,1-2H3,(H,30,31). The third-order valence-corrected chi connectivity index (χ3v) is 7.06. The number of nitrogens with zero attached hydrogens (tertiary/aromatic N) is 6. The third-order valence-electron chi connectivity index (χ3n) is 7.06. The van der Waals surface area contributed by atoms with Crippen LogP contribution in [0.15, 0.2) is 73.3 Å². The number of pyridine rings is 2. The molecule has 38 heavy (non-hydrogen) atoms. The minimum absolute atomic E-state index is 0.151. The quantitative estimate of drug-likeness (QED) is 0.299. The highest BCUT2D eigenvalue weighted by molar-refractivity contribution is 5.93. The van der Waals surface area contributed by atoms with E-state index in [9.17, 15) is 0 Å². The molecule has 1 aromatic carbocycles. The van der Waals surface area contributed by atoms with Crippen LogP contribution in [0.3, 0.4) is 0 Å². The second-order valence-corrected chi connectivity index (χ2v) is 9.69. The number of aryl methyl sites for hydroxylation is 1. The lowest BCUT2D eigenvalue weighted by Crippen LogP contribution is -2.26. The van der Waals surface area contributed by atoms with Crippen molar-refractivity contribution in [1.82, 2.24) is 29.5 Å². The van der Waals surface area contributed by atoms with Crippen molar-refractivity contribution in [2.75, 3.05) is 12.4 Å². The SMILES string of the molecule is CNc1cc2c(cn1)c(-c1cnn(C)c1)nn2C1CCC(Oc2ccc(OCc3ccccc3)nc2)CC1. The van der Waals surface area contributed by atoms with Crippen molar-refractivity contribution in [2.45, 2.75) is 44.4 Å². The molecule has 4 aromatic heterocycles. The monoisotopic (exact) mass is 509 g/mol. The summed E-state index contributed by atoms with van der Waals surface area (Å²) in [5.41, 5.74) is 4.11. The average molecular weight is 510 g/mol. The van der Waals surface area contributed by atoms with Crippen molar-refractivity contribution in [2.24, 2.45) is 7.05 Å². The third kappa shape index (κ3) is 5.04. The first kappa shape index (κ1) is 24.0. The Morgan fingerprint density at radius 1 is 0.974 bits per heavy atom. The lowest BCUT2D eigenvalue weighted by atomic mass is 9.93. The normalized spacial score (nSPS) is 17.4. The Morgan fingerprint density at radius 2 is 1.82 bits per heavy atom. The highest BCUT2D eigenvalue weighted by Crippen LogP contribution is 2.36. The molecule has 0 radical (unpaired) electrons. The summed E-state index contributed by atoms with van der Waals surface area (Å²) >= 11 is 0. The summed E-state index contributed by atoms with van der Waals surface area (Å²) in [6.45, 7) is 0.495. The van der Waals surface area contributed by atoms with Crippen LogP contribution < -0.4 is 14.8 Å². The molecule has 0 atom stereocenters. The van der Waals surface area contributed by atoms with Crippen LogP contribution in [0.1, 0.15) is 37.3 Å². The number of hydrogen-bond acceptors (Lipinski definition) is 7. The van der Waals surface area contributed by atoms with Crippen LogP contribution in [-0.4, -0.2) is 42.7 Å². The molecule has 4 heterocycles. The molecule has 0 amide bonds. The molecule has 1 fully saturated rings. The Labute approximate surface area is 221 Å². The molecule has 6 rings (SSSR count). The van der Waals surface area contributed by atoms with Gasteiger partial charge in [-0.2, -0.15) is 10.2 Å². The Balaban J connectivity index is 1.11. The molecule has 1 aliphatic rings. The van der Waals surface area contributed by atoms with E-state index in [-0.39, 0.29) is 6.10 Å². The van der Waals surface area contributed by atoms with Gasteiger partial charge in [-0.05, 0) is 37.3 Å². The second kappa shape index (κ2) is 10.5. The zero-order chi connectivity index (χ0) is 25.9. The van der Waals surface area contributed by atoms with E-state index in [1.165, 1.54) is 0 Å². The van der Waals surface area contributed by atoms with Gasteiger partial charge in [0.05, 0.1) is 30.1 Å². The minimum Gasteiger partial charge on any atom is -0.489 e. The molecule has 1 N–H and O–H groups in total. The zero-order valence-corrected chi connectivity index (χ0v) is 21.6. The van der Waals surface area contributed by atoms with Gasteiger partial charge >= 0.3 is 0 Å². The largest absolute Gasteiger partial charge is 0.489 e. The van der Waals surface area contributed by atoms with Gasteiger partial charge in [-0.1, -0.05) is 30.3 Å². The first-order valence-electron chi connectivity index (χ1n) is 13.0. The molecular formula is C29H31N7O2. The van der Waals surface area contributed by atoms with Gasteiger partial charge in [-0.25, -0.2) is 9.97 Å². The smallest absolute Gasteiger partial charge is 0.213 e. The molecule has 0 unspecified atom stereocenters. The first-order chi connectivity index (χ1) is 18.7. The second-order valence-electron chi connectivity index (χ2n) is 9.69. The van der Waals surface area contributed by atoms with Crippen molar-refractivity contribution >= 4 is 16.7 Å². The predicted molar refractivity (Wildman–Crippen MR) is 146 cm³/mol. The summed E-state index contributed by atoms with van der Waals surface area (Å²) in [5, 5.41) is 13.6. The maximum Gasteiger partial charge on any atom is 0.213 e. The van der Waals surface area contributed by atoms with Crippen molar-refractivity contribution in [3.05, 3.63) is 78.9 Å². The number of anilines is 1. The topological polar surface area (TPSA) is 91.9 Å². The first-order valence-corrected chi connectivity index (χ1v) is 13.0. The summed E-state index contributed by atoms with van der Waals surface area (Å²) in [7, 11) is 3.80. The van der Waals surface area contributed by atoms with Gasteiger partial charge in [0.2, 0.25) is 5.88 Å². The Hall–Kier alpha value is -4.40. The number of rotatable bonds is 8. The highest BCUT2D eigenvalue weighted by Gasteiger charge is 2.27. The molecule has 0 bridgehead atoms. The van der Waals surface area contributed by atoms with Crippen molar-refractivity contribution < 1.29 is 9.47 Å². The van der Waals surface area contributed by atoms with Gasteiger partial charge in [0.25, 0.3) is 0 Å². The van der Waals surface area contributed by atoms with Gasteiger partial charge in [-0.3, -0.25) is 9.36 Å². The fourth-order valence-electron chi connectivity index (χ4n) is 5.06. The Morgan fingerprint density at radius 3 is 2.53 bits per heavy atom. The molecule has 0 spiro atoms. The van der Waals surface area contributed by atoms with Crippen molar-refractivity contribution in [1.29, 1.82) is 0 Å². The van der Waals surface area contributed by atoms with Crippen LogP contribution in [0.2, 0.25) is 0 Å². The van der Waals surface area contributed by atoms with Gasteiger partial charge in [0.15, 0.2) is 0 Å². The van der Waals surface area contributed by atoms with Gasteiger partial charge in [0, 0.05) is 49.6 Å². The van der Waals surface area contributed by atoms with E-state index < -0.39 is 0 Å². The highest BCUT2D eigenvalue weighted by atomic mass is 16.5. The lowest BCUT2D eigenvalue weighted by Gasteiger charge is -2.29. The number of aromatic nitrogens is 6. The van der Waals surface area contributed by atoms with Gasteiger partial charge in [0.1, 0.15) is 23.9 Å². The zero-order valence-electron chi connectivity index (χ0n) is 21.6. The van der Waals surface area contributed by atoms with Crippen LogP contribution >= 0.6 is 0 Å². The summed E-state index contributed by atoms with van der Waals surface area (Å²) in [6.07, 6.45) is 11.5. The molecule has 0 aliphatic heterocycles. The molecule has 9 nitrogen and oxygen atoms in total. The maximum atomic E-state index is 6.28.